The Morgan fingerprint density at radius 3 is 3.00 bits per heavy atom. The molecule has 0 bridgehead atoms. The van der Waals surface area contributed by atoms with Crippen LogP contribution in [0.25, 0.3) is 0 Å². The molecule has 0 aromatic rings. The number of hydroxylamine groups is 1. The number of nitrogens with two attached hydrogens (primary N) is 1. The van der Waals surface area contributed by atoms with Crippen molar-refractivity contribution in [3.05, 3.63) is 0 Å². The summed E-state index contributed by atoms with van der Waals surface area (Å²) in [4.78, 5) is 25.8. The van der Waals surface area contributed by atoms with E-state index >= 15 is 0 Å². The molecule has 1 rings (SSSR count). The molecule has 0 aromatic heterocycles. The molecule has 1 aliphatic rings. The molecule has 1 aliphatic heterocycles. The van der Waals surface area contributed by atoms with Crippen molar-refractivity contribution in [3.8, 4) is 0 Å². The van der Waals surface area contributed by atoms with Crippen molar-refractivity contribution < 1.29 is 14.4 Å². The van der Waals surface area contributed by atoms with Crippen LogP contribution in [0.1, 0.15) is 6.42 Å². The van der Waals surface area contributed by atoms with E-state index in [1.807, 2.05) is 0 Å². The normalized spacial score (nSPS) is 17.2. The van der Waals surface area contributed by atoms with Gasteiger partial charge in [-0.05, 0) is 0 Å². The van der Waals surface area contributed by atoms with Crippen molar-refractivity contribution in [1.82, 2.24) is 10.6 Å². The van der Waals surface area contributed by atoms with E-state index in [1.54, 1.807) is 0 Å². The van der Waals surface area contributed by atoms with Crippen molar-refractivity contribution in [2.24, 2.45) is 5.73 Å². The van der Waals surface area contributed by atoms with Crippen molar-refractivity contribution in [1.29, 1.82) is 0 Å². The zero-order chi connectivity index (χ0) is 8.27. The Labute approximate surface area is 63.2 Å². The third kappa shape index (κ3) is 1.89. The highest BCUT2D eigenvalue weighted by Gasteiger charge is 2.23. The van der Waals surface area contributed by atoms with Gasteiger partial charge in [-0.1, -0.05) is 5.17 Å². The highest BCUT2D eigenvalue weighted by Crippen LogP contribution is 1.98. The molecular formula is C5H9N3O3. The number of nitrogens with zero attached hydrogens (tertiary/aromatic N) is 1. The first-order valence-corrected chi connectivity index (χ1v) is 3.21. The summed E-state index contributed by atoms with van der Waals surface area (Å²) >= 11 is 0. The smallest absolute Gasteiger partial charge is 0.321 e. The van der Waals surface area contributed by atoms with E-state index < -0.39 is 5.97 Å². The molecule has 1 amide bonds. The molecule has 0 spiro atoms. The van der Waals surface area contributed by atoms with Crippen LogP contribution in [0.2, 0.25) is 0 Å². The highest BCUT2D eigenvalue weighted by atomic mass is 16.7. The number of hydrogen-bond acceptors (Lipinski definition) is 5. The maximum absolute atomic E-state index is 10.8. The summed E-state index contributed by atoms with van der Waals surface area (Å²) in [6.45, 7) is 0.266. The predicted molar refractivity (Wildman–Crippen MR) is 34.6 cm³/mol. The number of hydrazine groups is 1. The number of amides is 1. The maximum atomic E-state index is 10.8. The fourth-order valence-corrected chi connectivity index (χ4v) is 0.676. The number of nitrogens with one attached hydrogen (secondary N) is 1. The van der Waals surface area contributed by atoms with Gasteiger partial charge in [0.15, 0.2) is 0 Å². The summed E-state index contributed by atoms with van der Waals surface area (Å²) in [6, 6.07) is 0. The van der Waals surface area contributed by atoms with Gasteiger partial charge < -0.3 is 10.6 Å². The zero-order valence-corrected chi connectivity index (χ0v) is 5.87. The molecule has 6 nitrogen and oxygen atoms in total. The molecule has 1 fully saturated rings. The lowest BCUT2D eigenvalue weighted by Gasteiger charge is -2.12. The van der Waals surface area contributed by atoms with E-state index in [0.717, 1.165) is 5.17 Å². The lowest BCUT2D eigenvalue weighted by molar-refractivity contribution is -0.202. The van der Waals surface area contributed by atoms with Gasteiger partial charge in [-0.2, -0.15) is 5.43 Å². The molecule has 3 N–H and O–H groups in total. The Morgan fingerprint density at radius 1 is 1.82 bits per heavy atom. The summed E-state index contributed by atoms with van der Waals surface area (Å²) in [5.74, 6) is -0.889. The minimum absolute atomic E-state index is 0.231. The third-order valence-corrected chi connectivity index (χ3v) is 1.18. The molecule has 0 saturated carbocycles. The first-order valence-electron chi connectivity index (χ1n) is 3.21. The number of carbonyl (C=O) groups excluding carboxylic acids is 2. The van der Waals surface area contributed by atoms with Gasteiger partial charge in [-0.15, -0.1) is 0 Å². The van der Waals surface area contributed by atoms with E-state index in [2.05, 4.69) is 10.3 Å². The first kappa shape index (κ1) is 7.96. The Morgan fingerprint density at radius 2 is 2.55 bits per heavy atom. The number of hydrogen-bond donors (Lipinski definition) is 2. The second kappa shape index (κ2) is 3.31. The van der Waals surface area contributed by atoms with Crippen LogP contribution in [0.4, 0.5) is 0 Å². The molecule has 6 heteroatoms. The van der Waals surface area contributed by atoms with Gasteiger partial charge in [0.25, 0.3) is 5.91 Å². The monoisotopic (exact) mass is 159 g/mol. The fraction of sp³-hybridized carbons (Fsp3) is 0.600. The van der Waals surface area contributed by atoms with Gasteiger partial charge in [-0.3, -0.25) is 4.79 Å². The van der Waals surface area contributed by atoms with Gasteiger partial charge in [-0.25, -0.2) is 4.79 Å². The zero-order valence-electron chi connectivity index (χ0n) is 5.87. The maximum Gasteiger partial charge on any atom is 0.347 e. The minimum Gasteiger partial charge on any atom is -0.321 e. The molecule has 0 atom stereocenters. The summed E-state index contributed by atoms with van der Waals surface area (Å²) in [6.07, 6.45) is 0.345. The van der Waals surface area contributed by atoms with Crippen LogP contribution >= 0.6 is 0 Å². The van der Waals surface area contributed by atoms with E-state index in [0.29, 0.717) is 13.0 Å². The molecule has 62 valence electrons. The van der Waals surface area contributed by atoms with Crippen LogP contribution in [0.5, 0.6) is 0 Å². The number of carbonyl (C=O) groups is 2. The highest BCUT2D eigenvalue weighted by molar-refractivity contribution is 5.79. The Hall–Kier alpha value is -1.14. The number of rotatable bonds is 2. The van der Waals surface area contributed by atoms with Crippen LogP contribution < -0.4 is 11.2 Å². The molecule has 0 unspecified atom stereocenters. The van der Waals surface area contributed by atoms with Crippen LogP contribution in [0.15, 0.2) is 0 Å². The quantitative estimate of drug-likeness (QED) is 0.493. The second-order valence-corrected chi connectivity index (χ2v) is 2.01. The van der Waals surface area contributed by atoms with Crippen LogP contribution in [-0.2, 0) is 14.4 Å². The Balaban J connectivity index is 2.36. The van der Waals surface area contributed by atoms with E-state index in [4.69, 9.17) is 5.73 Å². The molecular weight excluding hydrogens is 150 g/mol. The van der Waals surface area contributed by atoms with Crippen LogP contribution in [0, 0.1) is 0 Å². The third-order valence-electron chi connectivity index (χ3n) is 1.18. The molecule has 1 saturated heterocycles. The minimum atomic E-state index is -0.632. The molecule has 11 heavy (non-hydrogen) atoms. The van der Waals surface area contributed by atoms with Gasteiger partial charge in [0.1, 0.15) is 0 Å². The van der Waals surface area contributed by atoms with Gasteiger partial charge in [0.05, 0.1) is 6.54 Å². The van der Waals surface area contributed by atoms with Gasteiger partial charge >= 0.3 is 5.97 Å². The fourth-order valence-electron chi connectivity index (χ4n) is 0.676. The summed E-state index contributed by atoms with van der Waals surface area (Å²) in [7, 11) is 0. The topological polar surface area (TPSA) is 84.7 Å². The SMILES string of the molecule is NCC(=O)ON1NCCC1=O. The first-order chi connectivity index (χ1) is 5.24. The lowest BCUT2D eigenvalue weighted by Crippen LogP contribution is -2.38. The molecule has 1 heterocycles. The average molecular weight is 159 g/mol. The standard InChI is InChI=1S/C5H9N3O3/c6-3-5(10)11-8-4(9)1-2-7-8/h7H,1-3,6H2. The molecule has 0 aliphatic carbocycles. The van der Waals surface area contributed by atoms with E-state index in [1.165, 1.54) is 0 Å². The van der Waals surface area contributed by atoms with Crippen LogP contribution in [-0.4, -0.2) is 30.1 Å². The largest absolute Gasteiger partial charge is 0.347 e. The summed E-state index contributed by atoms with van der Waals surface area (Å²) in [5, 5.41) is 0.815. The average Bonchev–Trinajstić information content (AvgIpc) is 2.37. The second-order valence-electron chi connectivity index (χ2n) is 2.01. The molecule has 0 radical (unpaired) electrons. The molecule has 0 aromatic carbocycles. The van der Waals surface area contributed by atoms with E-state index in [-0.39, 0.29) is 12.5 Å². The van der Waals surface area contributed by atoms with Gasteiger partial charge in [0.2, 0.25) is 0 Å². The Kier molecular flexibility index (Phi) is 2.40. The van der Waals surface area contributed by atoms with Crippen molar-refractivity contribution in [2.45, 2.75) is 6.42 Å². The van der Waals surface area contributed by atoms with Crippen molar-refractivity contribution in [2.75, 3.05) is 13.1 Å². The lowest BCUT2D eigenvalue weighted by atomic mass is 10.5. The Bertz CT molecular complexity index is 182. The predicted octanol–water partition coefficient (Wildman–Crippen LogP) is -1.86. The summed E-state index contributed by atoms with van der Waals surface area (Å²) < 4.78 is 0. The van der Waals surface area contributed by atoms with E-state index in [9.17, 15) is 9.59 Å². The van der Waals surface area contributed by atoms with Crippen LogP contribution in [0.3, 0.4) is 0 Å². The van der Waals surface area contributed by atoms with Gasteiger partial charge in [0, 0.05) is 13.0 Å². The van der Waals surface area contributed by atoms with Crippen molar-refractivity contribution in [3.63, 3.8) is 0 Å². The van der Waals surface area contributed by atoms with Crippen molar-refractivity contribution >= 4 is 11.9 Å². The summed E-state index contributed by atoms with van der Waals surface area (Å²) in [5.41, 5.74) is 7.51.